The Bertz CT molecular complexity index is 747. The molecule has 5 nitrogen and oxygen atoms in total. The first kappa shape index (κ1) is 26.4. The molecule has 2 aromatic rings. The van der Waals surface area contributed by atoms with Crippen LogP contribution in [0.5, 0.6) is 0 Å². The first-order chi connectivity index (χ1) is 16.3. The fourth-order valence-electron chi connectivity index (χ4n) is 2.97. The van der Waals surface area contributed by atoms with E-state index in [1.165, 1.54) is 0 Å². The Hall–Kier alpha value is -2.86. The van der Waals surface area contributed by atoms with Gasteiger partial charge in [0, 0.05) is 12.8 Å². The van der Waals surface area contributed by atoms with Crippen LogP contribution in [0.2, 0.25) is 0 Å². The molecule has 0 aliphatic carbocycles. The Labute approximate surface area is 197 Å². The second-order valence-corrected chi connectivity index (χ2v) is 7.52. The van der Waals surface area contributed by atoms with Gasteiger partial charge in [0.05, 0.1) is 13.2 Å². The maximum atomic E-state index is 10.5. The molecule has 0 amide bonds. The van der Waals surface area contributed by atoms with E-state index < -0.39 is 12.6 Å². The quantitative estimate of drug-likeness (QED) is 0.122. The van der Waals surface area contributed by atoms with Gasteiger partial charge in [-0.15, -0.1) is 0 Å². The van der Waals surface area contributed by atoms with Crippen LogP contribution in [0.25, 0.3) is 0 Å². The molecule has 0 N–H and O–H groups in total. The molecule has 0 saturated carbocycles. The minimum absolute atomic E-state index is 0.401. The van der Waals surface area contributed by atoms with E-state index in [1.54, 1.807) is 0 Å². The number of aldehydes is 2. The van der Waals surface area contributed by atoms with Crippen molar-refractivity contribution in [2.45, 2.75) is 64.3 Å². The molecule has 2 aromatic carbocycles. The maximum absolute atomic E-state index is 10.5. The minimum Gasteiger partial charge on any atom is -0.344 e. The van der Waals surface area contributed by atoms with Gasteiger partial charge in [0.2, 0.25) is 0 Å². The number of hydrogen-bond acceptors (Lipinski definition) is 5. The van der Waals surface area contributed by atoms with Gasteiger partial charge in [-0.3, -0.25) is 0 Å². The number of ether oxygens (including phenoxy) is 3. The van der Waals surface area contributed by atoms with Crippen molar-refractivity contribution in [1.82, 2.24) is 0 Å². The Balaban J connectivity index is 2.02. The van der Waals surface area contributed by atoms with Crippen LogP contribution < -0.4 is 0 Å². The minimum atomic E-state index is -0.609. The molecule has 176 valence electrons. The largest absolute Gasteiger partial charge is 0.344 e. The van der Waals surface area contributed by atoms with Gasteiger partial charge in [-0.25, -0.2) is 0 Å². The lowest BCUT2D eigenvalue weighted by molar-refractivity contribution is -0.215. The Kier molecular flexibility index (Phi) is 14.1. The topological polar surface area (TPSA) is 61.8 Å². The van der Waals surface area contributed by atoms with Crippen molar-refractivity contribution in [3.63, 3.8) is 0 Å². The first-order valence-electron chi connectivity index (χ1n) is 11.5. The average Bonchev–Trinajstić information content (AvgIpc) is 2.86. The second-order valence-electron chi connectivity index (χ2n) is 7.52. The zero-order chi connectivity index (χ0) is 23.4. The highest BCUT2D eigenvalue weighted by atomic mass is 16.8. The van der Waals surface area contributed by atoms with Crippen molar-refractivity contribution in [2.24, 2.45) is 0 Å². The second kappa shape index (κ2) is 17.7. The standard InChI is InChI=1S/C28H34O5/c29-21-13-3-1-11-19-27(31-23-25-15-7-5-8-16-25)33-28(20-12-2-4-14-22-30)32-24-26-17-9-6-10-18-26/h5-12,15-22,27-28H,1-4,13-14,23-24H2. The van der Waals surface area contributed by atoms with Crippen LogP contribution in [-0.4, -0.2) is 25.2 Å². The highest BCUT2D eigenvalue weighted by molar-refractivity contribution is 5.49. The van der Waals surface area contributed by atoms with E-state index in [-0.39, 0.29) is 0 Å². The summed E-state index contributed by atoms with van der Waals surface area (Å²) < 4.78 is 18.2. The van der Waals surface area contributed by atoms with E-state index in [1.807, 2.05) is 85.0 Å². The van der Waals surface area contributed by atoms with Crippen molar-refractivity contribution < 1.29 is 23.8 Å². The molecule has 0 aliphatic rings. The van der Waals surface area contributed by atoms with Crippen molar-refractivity contribution in [3.8, 4) is 0 Å². The van der Waals surface area contributed by atoms with E-state index in [9.17, 15) is 9.59 Å². The number of unbranched alkanes of at least 4 members (excludes halogenated alkanes) is 4. The number of allylic oxidation sites excluding steroid dienone is 2. The number of carbonyl (C=O) groups excluding carboxylic acids is 2. The smallest absolute Gasteiger partial charge is 0.180 e. The molecule has 33 heavy (non-hydrogen) atoms. The molecule has 5 heteroatoms. The third kappa shape index (κ3) is 12.7. The molecular formula is C28H34O5. The summed E-state index contributed by atoms with van der Waals surface area (Å²) in [7, 11) is 0. The van der Waals surface area contributed by atoms with Gasteiger partial charge < -0.3 is 23.8 Å². The molecule has 0 aliphatic heterocycles. The first-order valence-corrected chi connectivity index (χ1v) is 11.5. The number of rotatable bonds is 18. The predicted molar refractivity (Wildman–Crippen MR) is 129 cm³/mol. The Morgan fingerprint density at radius 3 is 1.42 bits per heavy atom. The highest BCUT2D eigenvalue weighted by Gasteiger charge is 2.14. The molecule has 0 radical (unpaired) electrons. The summed E-state index contributed by atoms with van der Waals surface area (Å²) in [5.41, 5.74) is 2.10. The van der Waals surface area contributed by atoms with E-state index in [0.29, 0.717) is 26.1 Å². The fraction of sp³-hybridized carbons (Fsp3) is 0.357. The predicted octanol–water partition coefficient (Wildman–Crippen LogP) is 5.94. The van der Waals surface area contributed by atoms with E-state index in [4.69, 9.17) is 14.2 Å². The van der Waals surface area contributed by atoms with Crippen LogP contribution in [0.4, 0.5) is 0 Å². The van der Waals surface area contributed by atoms with Crippen LogP contribution >= 0.6 is 0 Å². The monoisotopic (exact) mass is 450 g/mol. The van der Waals surface area contributed by atoms with Crippen LogP contribution in [0, 0.1) is 0 Å². The SMILES string of the molecule is O=CCCCC=CC(OCc1ccccc1)OC(C=CCCCC=O)OCc1ccccc1. The van der Waals surface area contributed by atoms with Crippen molar-refractivity contribution >= 4 is 12.6 Å². The maximum Gasteiger partial charge on any atom is 0.180 e. The molecule has 0 fully saturated rings. The molecule has 0 bridgehead atoms. The zero-order valence-corrected chi connectivity index (χ0v) is 19.1. The molecule has 0 spiro atoms. The summed E-state index contributed by atoms with van der Waals surface area (Å²) in [6.45, 7) is 0.803. The van der Waals surface area contributed by atoms with Crippen LogP contribution in [-0.2, 0) is 37.0 Å². The number of benzene rings is 2. The third-order valence-electron chi connectivity index (χ3n) is 4.75. The Morgan fingerprint density at radius 1 is 0.606 bits per heavy atom. The van der Waals surface area contributed by atoms with Gasteiger partial charge in [-0.05, 0) is 49.0 Å². The Morgan fingerprint density at radius 2 is 1.03 bits per heavy atom. The summed E-state index contributed by atoms with van der Waals surface area (Å²) in [6, 6.07) is 19.8. The average molecular weight is 451 g/mol. The lowest BCUT2D eigenvalue weighted by atomic mass is 10.2. The van der Waals surface area contributed by atoms with Crippen LogP contribution in [0.15, 0.2) is 85.0 Å². The van der Waals surface area contributed by atoms with Gasteiger partial charge >= 0.3 is 0 Å². The normalized spacial score (nSPS) is 13.3. The fourth-order valence-corrected chi connectivity index (χ4v) is 2.97. The molecule has 2 unspecified atom stereocenters. The summed E-state index contributed by atoms with van der Waals surface area (Å²) in [6.07, 6.45) is 12.5. The van der Waals surface area contributed by atoms with Crippen molar-refractivity contribution in [2.75, 3.05) is 0 Å². The number of hydrogen-bond donors (Lipinski definition) is 0. The van der Waals surface area contributed by atoms with E-state index in [0.717, 1.165) is 49.4 Å². The number of carbonyl (C=O) groups is 2. The van der Waals surface area contributed by atoms with Gasteiger partial charge in [0.1, 0.15) is 12.6 Å². The summed E-state index contributed by atoms with van der Waals surface area (Å²) >= 11 is 0. The summed E-state index contributed by atoms with van der Waals surface area (Å²) in [5, 5.41) is 0. The lowest BCUT2D eigenvalue weighted by Gasteiger charge is -2.22. The molecule has 0 aromatic heterocycles. The molecule has 0 saturated heterocycles. The molecular weight excluding hydrogens is 416 g/mol. The zero-order valence-electron chi connectivity index (χ0n) is 19.1. The van der Waals surface area contributed by atoms with Gasteiger partial charge in [-0.1, -0.05) is 72.8 Å². The third-order valence-corrected chi connectivity index (χ3v) is 4.75. The molecule has 0 heterocycles. The van der Waals surface area contributed by atoms with E-state index >= 15 is 0 Å². The summed E-state index contributed by atoms with van der Waals surface area (Å²) in [4.78, 5) is 21.1. The molecule has 2 atom stereocenters. The van der Waals surface area contributed by atoms with Gasteiger partial charge in [0.15, 0.2) is 12.6 Å². The lowest BCUT2D eigenvalue weighted by Crippen LogP contribution is -2.24. The van der Waals surface area contributed by atoms with Crippen LogP contribution in [0.1, 0.15) is 49.7 Å². The van der Waals surface area contributed by atoms with E-state index in [2.05, 4.69) is 0 Å². The highest BCUT2D eigenvalue weighted by Crippen LogP contribution is 2.13. The molecule has 2 rings (SSSR count). The van der Waals surface area contributed by atoms with Gasteiger partial charge in [0.25, 0.3) is 0 Å². The van der Waals surface area contributed by atoms with Crippen molar-refractivity contribution in [1.29, 1.82) is 0 Å². The summed E-state index contributed by atoms with van der Waals surface area (Å²) in [5.74, 6) is 0. The van der Waals surface area contributed by atoms with Crippen molar-refractivity contribution in [3.05, 3.63) is 96.1 Å². The van der Waals surface area contributed by atoms with Crippen LogP contribution in [0.3, 0.4) is 0 Å². The van der Waals surface area contributed by atoms with Gasteiger partial charge in [-0.2, -0.15) is 0 Å².